The number of benzene rings is 2. The number of amides is 1. The number of rotatable bonds is 4. The number of carbonyl (C=O) groups excluding carboxylic acids is 1. The van der Waals surface area contributed by atoms with Crippen LogP contribution >= 0.6 is 0 Å². The van der Waals surface area contributed by atoms with Crippen molar-refractivity contribution in [2.24, 2.45) is 0 Å². The van der Waals surface area contributed by atoms with E-state index in [0.717, 1.165) is 0 Å². The molecular formula is C23H20F2N4O. The van der Waals surface area contributed by atoms with Crippen molar-refractivity contribution in [2.75, 3.05) is 31.1 Å². The molecule has 2 aromatic carbocycles. The average Bonchev–Trinajstić information content (AvgIpc) is 2.80. The van der Waals surface area contributed by atoms with Gasteiger partial charge in [-0.3, -0.25) is 4.79 Å². The number of aromatic nitrogens is 2. The topological polar surface area (TPSA) is 49.3 Å². The van der Waals surface area contributed by atoms with Gasteiger partial charge in [0.1, 0.15) is 11.6 Å². The highest BCUT2D eigenvalue weighted by Crippen LogP contribution is 2.23. The van der Waals surface area contributed by atoms with E-state index in [-0.39, 0.29) is 17.5 Å². The van der Waals surface area contributed by atoms with Crippen LogP contribution in [-0.2, 0) is 4.79 Å². The van der Waals surface area contributed by atoms with E-state index < -0.39 is 0 Å². The third-order valence-corrected chi connectivity index (χ3v) is 4.97. The molecule has 7 heteroatoms. The third-order valence-electron chi connectivity index (χ3n) is 4.97. The second kappa shape index (κ2) is 8.82. The minimum atomic E-state index is -0.371. The summed E-state index contributed by atoms with van der Waals surface area (Å²) in [6.45, 7) is 2.25. The first-order valence-electron chi connectivity index (χ1n) is 9.64. The molecule has 1 aliphatic heterocycles. The van der Waals surface area contributed by atoms with Crippen molar-refractivity contribution in [3.05, 3.63) is 89.8 Å². The maximum atomic E-state index is 13.4. The molecule has 0 spiro atoms. The summed E-state index contributed by atoms with van der Waals surface area (Å²) in [6, 6.07) is 13.5. The van der Waals surface area contributed by atoms with Gasteiger partial charge in [0, 0.05) is 44.1 Å². The molecule has 0 aliphatic carbocycles. The Labute approximate surface area is 173 Å². The number of halogens is 2. The summed E-state index contributed by atoms with van der Waals surface area (Å²) in [5.74, 6) is -0.227. The summed E-state index contributed by atoms with van der Waals surface area (Å²) in [6.07, 6.45) is 5.09. The zero-order chi connectivity index (χ0) is 20.9. The Hall–Kier alpha value is -3.61. The van der Waals surface area contributed by atoms with Crippen molar-refractivity contribution in [2.45, 2.75) is 0 Å². The van der Waals surface area contributed by atoms with Crippen LogP contribution < -0.4 is 4.90 Å². The molecule has 0 N–H and O–H groups in total. The van der Waals surface area contributed by atoms with Crippen LogP contribution in [0, 0.1) is 11.6 Å². The fourth-order valence-electron chi connectivity index (χ4n) is 3.36. The van der Waals surface area contributed by atoms with E-state index in [1.807, 2.05) is 4.90 Å². The number of hydrogen-bond donors (Lipinski definition) is 0. The van der Waals surface area contributed by atoms with Crippen LogP contribution in [0.4, 0.5) is 14.7 Å². The van der Waals surface area contributed by atoms with Gasteiger partial charge in [0.15, 0.2) is 0 Å². The molecule has 152 valence electrons. The fourth-order valence-corrected chi connectivity index (χ4v) is 3.36. The molecule has 5 nitrogen and oxygen atoms in total. The maximum absolute atomic E-state index is 13.4. The van der Waals surface area contributed by atoms with Gasteiger partial charge in [-0.2, -0.15) is 0 Å². The molecule has 1 amide bonds. The van der Waals surface area contributed by atoms with Crippen molar-refractivity contribution >= 4 is 23.5 Å². The van der Waals surface area contributed by atoms with Crippen molar-refractivity contribution in [3.63, 3.8) is 0 Å². The lowest BCUT2D eigenvalue weighted by Gasteiger charge is -2.35. The molecule has 3 aromatic rings. The Morgan fingerprint density at radius 1 is 0.833 bits per heavy atom. The summed E-state index contributed by atoms with van der Waals surface area (Å²) in [5.41, 5.74) is 1.74. The average molecular weight is 406 g/mol. The molecule has 0 atom stereocenters. The molecule has 0 radical (unpaired) electrons. The molecule has 1 saturated heterocycles. The first kappa shape index (κ1) is 19.7. The first-order chi connectivity index (χ1) is 14.6. The van der Waals surface area contributed by atoms with Gasteiger partial charge in [0.05, 0.1) is 0 Å². The summed E-state index contributed by atoms with van der Waals surface area (Å²) >= 11 is 0. The van der Waals surface area contributed by atoms with Crippen LogP contribution in [0.3, 0.4) is 0 Å². The van der Waals surface area contributed by atoms with E-state index in [1.165, 1.54) is 24.3 Å². The number of carbonyl (C=O) groups is 1. The Morgan fingerprint density at radius 3 is 2.00 bits per heavy atom. The van der Waals surface area contributed by atoms with E-state index in [2.05, 4.69) is 9.97 Å². The van der Waals surface area contributed by atoms with Crippen LogP contribution in [0.1, 0.15) is 11.1 Å². The lowest BCUT2D eigenvalue weighted by Crippen LogP contribution is -2.49. The van der Waals surface area contributed by atoms with Gasteiger partial charge in [0.2, 0.25) is 5.95 Å². The lowest BCUT2D eigenvalue weighted by atomic mass is 10.0. The number of piperazine rings is 1. The van der Waals surface area contributed by atoms with Crippen molar-refractivity contribution in [3.8, 4) is 0 Å². The van der Waals surface area contributed by atoms with Crippen LogP contribution in [0.25, 0.3) is 11.6 Å². The smallest absolute Gasteiger partial charge is 0.254 e. The van der Waals surface area contributed by atoms with E-state index in [0.29, 0.717) is 48.8 Å². The predicted octanol–water partition coefficient (Wildman–Crippen LogP) is 3.64. The zero-order valence-corrected chi connectivity index (χ0v) is 16.2. The van der Waals surface area contributed by atoms with Crippen molar-refractivity contribution in [1.29, 1.82) is 0 Å². The molecule has 1 fully saturated rings. The SMILES string of the molecule is O=C(/C(=C/c1ccc(F)cc1)c1ccc(F)cc1)N1CCN(c2ncccn2)CC1. The van der Waals surface area contributed by atoms with Gasteiger partial charge >= 0.3 is 0 Å². The lowest BCUT2D eigenvalue weighted by molar-refractivity contribution is -0.125. The van der Waals surface area contributed by atoms with Gasteiger partial charge < -0.3 is 9.80 Å². The van der Waals surface area contributed by atoms with E-state index in [4.69, 9.17) is 0 Å². The van der Waals surface area contributed by atoms with E-state index >= 15 is 0 Å². The van der Waals surface area contributed by atoms with Gasteiger partial charge in [-0.25, -0.2) is 18.7 Å². The second-order valence-corrected chi connectivity index (χ2v) is 6.94. The molecule has 30 heavy (non-hydrogen) atoms. The molecule has 1 aliphatic rings. The van der Waals surface area contributed by atoms with Gasteiger partial charge in [-0.1, -0.05) is 24.3 Å². The minimum absolute atomic E-state index is 0.153. The zero-order valence-electron chi connectivity index (χ0n) is 16.2. The quantitative estimate of drug-likeness (QED) is 0.490. The van der Waals surface area contributed by atoms with E-state index in [1.54, 1.807) is 53.7 Å². The monoisotopic (exact) mass is 406 g/mol. The Balaban J connectivity index is 1.57. The summed E-state index contributed by atoms with van der Waals surface area (Å²) in [7, 11) is 0. The standard InChI is InChI=1S/C23H20F2N4O/c24-19-6-2-17(3-7-19)16-21(18-4-8-20(25)9-5-18)22(30)28-12-14-29(15-13-28)23-26-10-1-11-27-23/h1-11,16H,12-15H2/b21-16+. The maximum Gasteiger partial charge on any atom is 0.254 e. The molecule has 2 heterocycles. The Bertz CT molecular complexity index is 1030. The summed E-state index contributed by atoms with van der Waals surface area (Å²) in [4.78, 5) is 25.7. The Morgan fingerprint density at radius 2 is 1.40 bits per heavy atom. The molecule has 1 aromatic heterocycles. The summed E-state index contributed by atoms with van der Waals surface area (Å²) in [5, 5.41) is 0. The fraction of sp³-hybridized carbons (Fsp3) is 0.174. The first-order valence-corrected chi connectivity index (χ1v) is 9.64. The normalized spacial score (nSPS) is 14.7. The summed E-state index contributed by atoms with van der Waals surface area (Å²) < 4.78 is 26.7. The number of nitrogens with zero attached hydrogens (tertiary/aromatic N) is 4. The van der Waals surface area contributed by atoms with Gasteiger partial charge in [-0.05, 0) is 47.5 Å². The predicted molar refractivity (Wildman–Crippen MR) is 111 cm³/mol. The highest BCUT2D eigenvalue weighted by molar-refractivity contribution is 6.24. The number of anilines is 1. The van der Waals surface area contributed by atoms with Crippen LogP contribution in [0.5, 0.6) is 0 Å². The van der Waals surface area contributed by atoms with Crippen LogP contribution in [0.2, 0.25) is 0 Å². The molecule has 0 unspecified atom stereocenters. The van der Waals surface area contributed by atoms with Gasteiger partial charge in [-0.15, -0.1) is 0 Å². The van der Waals surface area contributed by atoms with Crippen LogP contribution in [0.15, 0.2) is 67.0 Å². The van der Waals surface area contributed by atoms with Crippen LogP contribution in [-0.4, -0.2) is 47.0 Å². The molecular weight excluding hydrogens is 386 g/mol. The van der Waals surface area contributed by atoms with E-state index in [9.17, 15) is 13.6 Å². The molecule has 4 rings (SSSR count). The van der Waals surface area contributed by atoms with Crippen molar-refractivity contribution < 1.29 is 13.6 Å². The highest BCUT2D eigenvalue weighted by atomic mass is 19.1. The Kier molecular flexibility index (Phi) is 5.79. The largest absolute Gasteiger partial charge is 0.337 e. The highest BCUT2D eigenvalue weighted by Gasteiger charge is 2.25. The second-order valence-electron chi connectivity index (χ2n) is 6.94. The third kappa shape index (κ3) is 4.51. The molecule has 0 saturated carbocycles. The molecule has 0 bridgehead atoms. The minimum Gasteiger partial charge on any atom is -0.337 e. The van der Waals surface area contributed by atoms with Gasteiger partial charge in [0.25, 0.3) is 5.91 Å². The number of hydrogen-bond acceptors (Lipinski definition) is 4. The van der Waals surface area contributed by atoms with Crippen molar-refractivity contribution in [1.82, 2.24) is 14.9 Å².